The molecule has 0 bridgehead atoms. The number of rotatable bonds is 4. The molecule has 0 unspecified atom stereocenters. The first-order valence-electron chi connectivity index (χ1n) is 10.5. The lowest BCUT2D eigenvalue weighted by atomic mass is 10.0. The highest BCUT2D eigenvalue weighted by atomic mass is 32.1. The second-order valence-electron chi connectivity index (χ2n) is 7.63. The van der Waals surface area contributed by atoms with Crippen LogP contribution in [-0.4, -0.2) is 28.2 Å². The summed E-state index contributed by atoms with van der Waals surface area (Å²) in [6.45, 7) is 1.14. The monoisotopic (exact) mass is 439 g/mol. The van der Waals surface area contributed by atoms with Gasteiger partial charge in [-0.05, 0) is 35.4 Å². The van der Waals surface area contributed by atoms with Crippen LogP contribution in [0, 0.1) is 0 Å². The molecule has 0 aliphatic carbocycles. The first-order valence-corrected chi connectivity index (χ1v) is 11.3. The van der Waals surface area contributed by atoms with Gasteiger partial charge in [-0.25, -0.2) is 4.98 Å². The summed E-state index contributed by atoms with van der Waals surface area (Å²) in [5.74, 6) is -0.165. The molecule has 4 aromatic rings. The quantitative estimate of drug-likeness (QED) is 0.472. The van der Waals surface area contributed by atoms with Crippen molar-refractivity contribution in [2.24, 2.45) is 0 Å². The molecule has 1 aliphatic rings. The van der Waals surface area contributed by atoms with E-state index in [0.717, 1.165) is 21.7 Å². The van der Waals surface area contributed by atoms with E-state index in [0.29, 0.717) is 35.8 Å². The Hall–Kier alpha value is -3.77. The van der Waals surface area contributed by atoms with E-state index < -0.39 is 0 Å². The number of thiazole rings is 1. The Kier molecular flexibility index (Phi) is 5.52. The van der Waals surface area contributed by atoms with Crippen LogP contribution in [0.15, 0.2) is 84.9 Å². The van der Waals surface area contributed by atoms with Gasteiger partial charge in [-0.2, -0.15) is 0 Å². The molecule has 5 rings (SSSR count). The minimum absolute atomic E-state index is 0.0220. The molecule has 1 aliphatic heterocycles. The standard InChI is InChI=1S/C26H21N3O2S/c30-24(20-13-11-19(12-14-20)18-7-3-1-4-8-18)28-26-27-22-15-16-29(17-23(22)32-26)25(31)21-9-5-2-6-10-21/h1-14H,15-17H2,(H,27,28,30). The van der Waals surface area contributed by atoms with Gasteiger partial charge in [-0.15, -0.1) is 0 Å². The van der Waals surface area contributed by atoms with Crippen LogP contribution < -0.4 is 5.32 Å². The maximum atomic E-state index is 12.7. The zero-order valence-corrected chi connectivity index (χ0v) is 18.1. The molecule has 2 heterocycles. The minimum atomic E-state index is -0.187. The fourth-order valence-corrected chi connectivity index (χ4v) is 4.82. The maximum absolute atomic E-state index is 12.7. The van der Waals surface area contributed by atoms with Crippen LogP contribution in [0.25, 0.3) is 11.1 Å². The molecule has 5 nitrogen and oxygen atoms in total. The van der Waals surface area contributed by atoms with E-state index in [1.165, 1.54) is 11.3 Å². The molecule has 0 saturated heterocycles. The van der Waals surface area contributed by atoms with E-state index in [2.05, 4.69) is 10.3 Å². The molecule has 1 aromatic heterocycles. The number of amides is 2. The largest absolute Gasteiger partial charge is 0.333 e. The fraction of sp³-hybridized carbons (Fsp3) is 0.115. The van der Waals surface area contributed by atoms with E-state index in [9.17, 15) is 9.59 Å². The van der Waals surface area contributed by atoms with Gasteiger partial charge >= 0.3 is 0 Å². The molecular formula is C26H21N3O2S. The van der Waals surface area contributed by atoms with Gasteiger partial charge in [0.05, 0.1) is 12.2 Å². The van der Waals surface area contributed by atoms with Crippen molar-refractivity contribution in [2.75, 3.05) is 11.9 Å². The van der Waals surface area contributed by atoms with Gasteiger partial charge in [0.15, 0.2) is 5.13 Å². The van der Waals surface area contributed by atoms with Crippen molar-refractivity contribution >= 4 is 28.3 Å². The predicted octanol–water partition coefficient (Wildman–Crippen LogP) is 5.26. The molecule has 0 radical (unpaired) electrons. The Morgan fingerprint density at radius 3 is 2.19 bits per heavy atom. The molecular weight excluding hydrogens is 418 g/mol. The number of carbonyl (C=O) groups excluding carboxylic acids is 2. The van der Waals surface area contributed by atoms with Crippen molar-refractivity contribution < 1.29 is 9.59 Å². The van der Waals surface area contributed by atoms with Crippen LogP contribution in [0.2, 0.25) is 0 Å². The highest BCUT2D eigenvalue weighted by Gasteiger charge is 2.25. The van der Waals surface area contributed by atoms with Gasteiger partial charge in [-0.3, -0.25) is 14.9 Å². The van der Waals surface area contributed by atoms with Crippen molar-refractivity contribution in [1.29, 1.82) is 0 Å². The van der Waals surface area contributed by atoms with Gasteiger partial charge in [0.25, 0.3) is 11.8 Å². The zero-order valence-electron chi connectivity index (χ0n) is 17.3. The first kappa shape index (κ1) is 20.2. The fourth-order valence-electron chi connectivity index (χ4n) is 3.80. The van der Waals surface area contributed by atoms with E-state index in [1.807, 2.05) is 89.8 Å². The summed E-state index contributed by atoms with van der Waals surface area (Å²) >= 11 is 1.44. The van der Waals surface area contributed by atoms with Crippen molar-refractivity contribution in [3.63, 3.8) is 0 Å². The summed E-state index contributed by atoms with van der Waals surface area (Å²) in [5.41, 5.74) is 4.41. The molecule has 0 saturated carbocycles. The molecule has 158 valence electrons. The number of aromatic nitrogens is 1. The van der Waals surface area contributed by atoms with Gasteiger partial charge in [0.2, 0.25) is 0 Å². The van der Waals surface area contributed by atoms with Crippen LogP contribution in [0.1, 0.15) is 31.3 Å². The van der Waals surface area contributed by atoms with Crippen LogP contribution >= 0.6 is 11.3 Å². The Labute approximate surface area is 190 Å². The third-order valence-electron chi connectivity index (χ3n) is 5.51. The number of benzene rings is 3. The van der Waals surface area contributed by atoms with Gasteiger partial charge in [-0.1, -0.05) is 72.0 Å². The molecule has 32 heavy (non-hydrogen) atoms. The average molecular weight is 440 g/mol. The molecule has 0 spiro atoms. The Balaban J connectivity index is 1.26. The maximum Gasteiger partial charge on any atom is 0.257 e. The second-order valence-corrected chi connectivity index (χ2v) is 8.71. The molecule has 6 heteroatoms. The van der Waals surface area contributed by atoms with E-state index in [-0.39, 0.29) is 11.8 Å². The summed E-state index contributed by atoms with van der Waals surface area (Å²) in [4.78, 5) is 32.9. The van der Waals surface area contributed by atoms with E-state index in [1.54, 1.807) is 0 Å². The molecule has 0 fully saturated rings. The van der Waals surface area contributed by atoms with Gasteiger partial charge in [0.1, 0.15) is 0 Å². The number of anilines is 1. The number of carbonyl (C=O) groups is 2. The van der Waals surface area contributed by atoms with Crippen LogP contribution in [0.3, 0.4) is 0 Å². The molecule has 3 aromatic carbocycles. The van der Waals surface area contributed by atoms with Crippen molar-refractivity contribution in [1.82, 2.24) is 9.88 Å². The second kappa shape index (κ2) is 8.77. The predicted molar refractivity (Wildman–Crippen MR) is 127 cm³/mol. The third kappa shape index (κ3) is 4.18. The van der Waals surface area contributed by atoms with Crippen molar-refractivity contribution in [3.05, 3.63) is 107 Å². The molecule has 1 N–H and O–H groups in total. The Bertz CT molecular complexity index is 1250. The lowest BCUT2D eigenvalue weighted by molar-refractivity contribution is 0.0736. The van der Waals surface area contributed by atoms with E-state index >= 15 is 0 Å². The number of fused-ring (bicyclic) bond motifs is 1. The van der Waals surface area contributed by atoms with Gasteiger partial charge < -0.3 is 4.90 Å². The summed E-state index contributed by atoms with van der Waals surface area (Å²) in [6, 6.07) is 26.9. The number of hydrogen-bond acceptors (Lipinski definition) is 4. The number of nitrogens with zero attached hydrogens (tertiary/aromatic N) is 2. The zero-order chi connectivity index (χ0) is 21.9. The highest BCUT2D eigenvalue weighted by molar-refractivity contribution is 7.15. The summed E-state index contributed by atoms with van der Waals surface area (Å²) in [7, 11) is 0. The van der Waals surface area contributed by atoms with Gasteiger partial charge in [0, 0.05) is 29.0 Å². The van der Waals surface area contributed by atoms with Crippen LogP contribution in [-0.2, 0) is 13.0 Å². The minimum Gasteiger partial charge on any atom is -0.333 e. The summed E-state index contributed by atoms with van der Waals surface area (Å²) < 4.78 is 0. The number of hydrogen-bond donors (Lipinski definition) is 1. The molecule has 0 atom stereocenters. The summed E-state index contributed by atoms with van der Waals surface area (Å²) in [5, 5.41) is 3.49. The lowest BCUT2D eigenvalue weighted by Crippen LogP contribution is -2.35. The number of nitrogens with one attached hydrogen (secondary N) is 1. The topological polar surface area (TPSA) is 62.3 Å². The van der Waals surface area contributed by atoms with Crippen LogP contribution in [0.4, 0.5) is 5.13 Å². The van der Waals surface area contributed by atoms with E-state index in [4.69, 9.17) is 0 Å². The van der Waals surface area contributed by atoms with Crippen molar-refractivity contribution in [2.45, 2.75) is 13.0 Å². The third-order valence-corrected chi connectivity index (χ3v) is 6.51. The normalized spacial score (nSPS) is 12.8. The van der Waals surface area contributed by atoms with Crippen molar-refractivity contribution in [3.8, 4) is 11.1 Å². The molecule has 2 amide bonds. The SMILES string of the molecule is O=C(Nc1nc2c(s1)CN(C(=O)c1ccccc1)CC2)c1ccc(-c2ccccc2)cc1. The average Bonchev–Trinajstić information content (AvgIpc) is 3.26. The highest BCUT2D eigenvalue weighted by Crippen LogP contribution is 2.29. The lowest BCUT2D eigenvalue weighted by Gasteiger charge is -2.26. The Morgan fingerprint density at radius 1 is 0.812 bits per heavy atom. The smallest absolute Gasteiger partial charge is 0.257 e. The Morgan fingerprint density at radius 2 is 1.47 bits per heavy atom. The summed E-state index contributed by atoms with van der Waals surface area (Å²) in [6.07, 6.45) is 0.687. The van der Waals surface area contributed by atoms with Crippen LogP contribution in [0.5, 0.6) is 0 Å². The first-order chi connectivity index (χ1) is 15.7.